The maximum Gasteiger partial charge on any atom is 0.276 e. The van der Waals surface area contributed by atoms with E-state index < -0.39 is 6.43 Å². The standard InChI is InChI=1S/C20H23ClF2N6O2/c1-11-5-6-28(19(30)14-7-16(21)18(31-4)24-8-14)9-15(11)13(3)29-20(25-10-26-29)27-12(2)17(22)23/h7-8,10-11,15,17H,3,5-6,9H2,1-2,4H3/t11-,15-/m1/s1. The van der Waals surface area contributed by atoms with Gasteiger partial charge in [-0.3, -0.25) is 4.79 Å². The van der Waals surface area contributed by atoms with Crippen molar-refractivity contribution >= 4 is 34.9 Å². The number of hydrogen-bond donors (Lipinski definition) is 0. The van der Waals surface area contributed by atoms with Crippen LogP contribution < -0.4 is 4.74 Å². The largest absolute Gasteiger partial charge is 0.480 e. The number of halogens is 3. The highest BCUT2D eigenvalue weighted by atomic mass is 35.5. The molecule has 1 amide bonds. The maximum atomic E-state index is 13.0. The van der Waals surface area contributed by atoms with Crippen LogP contribution in [-0.4, -0.2) is 62.9 Å². The van der Waals surface area contributed by atoms with Gasteiger partial charge in [0.25, 0.3) is 18.3 Å². The summed E-state index contributed by atoms with van der Waals surface area (Å²) < 4.78 is 32.1. The van der Waals surface area contributed by atoms with E-state index in [0.717, 1.165) is 6.42 Å². The van der Waals surface area contributed by atoms with Crippen LogP contribution in [0.3, 0.4) is 0 Å². The molecule has 0 spiro atoms. The van der Waals surface area contributed by atoms with Gasteiger partial charge in [0.1, 0.15) is 11.3 Å². The van der Waals surface area contributed by atoms with Gasteiger partial charge in [-0.05, 0) is 25.3 Å². The van der Waals surface area contributed by atoms with Crippen molar-refractivity contribution in [3.8, 4) is 5.88 Å². The van der Waals surface area contributed by atoms with Crippen LogP contribution in [0.2, 0.25) is 5.02 Å². The molecule has 0 saturated carbocycles. The predicted molar refractivity (Wildman–Crippen MR) is 113 cm³/mol. The number of carbonyl (C=O) groups excluding carboxylic acids is 1. The normalized spacial score (nSPS) is 19.6. The second-order valence-corrected chi connectivity index (χ2v) is 7.76. The number of rotatable bonds is 6. The number of amides is 1. The number of carbonyl (C=O) groups is 1. The molecule has 0 unspecified atom stereocenters. The zero-order valence-corrected chi connectivity index (χ0v) is 18.2. The first kappa shape index (κ1) is 22.8. The third-order valence-corrected chi connectivity index (χ3v) is 5.59. The zero-order chi connectivity index (χ0) is 22.7. The molecule has 3 rings (SSSR count). The molecule has 2 atom stereocenters. The number of nitrogens with zero attached hydrogens (tertiary/aromatic N) is 6. The molecule has 166 valence electrons. The highest BCUT2D eigenvalue weighted by molar-refractivity contribution is 6.32. The molecule has 0 N–H and O–H groups in total. The van der Waals surface area contributed by atoms with Crippen molar-refractivity contribution in [2.24, 2.45) is 16.8 Å². The SMILES string of the molecule is C=C([C@@H]1CN(C(=O)c2cnc(OC)c(Cl)c2)CC[C@H]1C)n1ncnc1N=C(C)C(F)F. The number of hydrogen-bond acceptors (Lipinski definition) is 6. The number of aliphatic imine (C=N–C) groups is 1. The van der Waals surface area contributed by atoms with E-state index in [-0.39, 0.29) is 40.3 Å². The summed E-state index contributed by atoms with van der Waals surface area (Å²) in [6, 6.07) is 1.52. The van der Waals surface area contributed by atoms with Crippen molar-refractivity contribution in [3.63, 3.8) is 0 Å². The smallest absolute Gasteiger partial charge is 0.276 e. The lowest BCUT2D eigenvalue weighted by Crippen LogP contribution is -2.44. The van der Waals surface area contributed by atoms with Crippen molar-refractivity contribution in [3.05, 3.63) is 35.8 Å². The van der Waals surface area contributed by atoms with E-state index in [0.29, 0.717) is 24.4 Å². The third kappa shape index (κ3) is 4.90. The maximum absolute atomic E-state index is 13.0. The first-order valence-electron chi connectivity index (χ1n) is 9.64. The Hall–Kier alpha value is -2.88. The second kappa shape index (κ2) is 9.51. The minimum atomic E-state index is -2.69. The molecule has 1 aliphatic heterocycles. The number of ether oxygens (including phenoxy) is 1. The first-order chi connectivity index (χ1) is 14.7. The average Bonchev–Trinajstić information content (AvgIpc) is 3.21. The second-order valence-electron chi connectivity index (χ2n) is 7.36. The fourth-order valence-electron chi connectivity index (χ4n) is 3.44. The molecule has 2 aromatic heterocycles. The predicted octanol–water partition coefficient (Wildman–Crippen LogP) is 3.96. The summed E-state index contributed by atoms with van der Waals surface area (Å²) in [5.74, 6) is 0.0834. The van der Waals surface area contributed by atoms with E-state index in [1.807, 2.05) is 6.92 Å². The van der Waals surface area contributed by atoms with E-state index in [4.69, 9.17) is 16.3 Å². The molecule has 11 heteroatoms. The molecule has 1 fully saturated rings. The van der Waals surface area contributed by atoms with Crippen LogP contribution in [0.15, 0.2) is 30.2 Å². The van der Waals surface area contributed by atoms with Crippen molar-refractivity contribution in [2.75, 3.05) is 20.2 Å². The minimum Gasteiger partial charge on any atom is -0.480 e. The number of alkyl halides is 2. The van der Waals surface area contributed by atoms with Gasteiger partial charge in [0.15, 0.2) is 0 Å². The molecule has 0 aromatic carbocycles. The minimum absolute atomic E-state index is 0.0320. The Morgan fingerprint density at radius 2 is 2.16 bits per heavy atom. The molecule has 1 saturated heterocycles. The Kier molecular flexibility index (Phi) is 6.99. The summed E-state index contributed by atoms with van der Waals surface area (Å²) >= 11 is 6.11. The summed E-state index contributed by atoms with van der Waals surface area (Å²) in [6.07, 6.45) is 0.706. The van der Waals surface area contributed by atoms with Crippen molar-refractivity contribution in [1.29, 1.82) is 0 Å². The quantitative estimate of drug-likeness (QED) is 0.619. The van der Waals surface area contributed by atoms with Crippen molar-refractivity contribution in [2.45, 2.75) is 26.7 Å². The fraction of sp³-hybridized carbons (Fsp3) is 0.450. The Labute approximate surface area is 183 Å². The highest BCUT2D eigenvalue weighted by Crippen LogP contribution is 2.33. The van der Waals surface area contributed by atoms with E-state index in [9.17, 15) is 13.6 Å². The number of methoxy groups -OCH3 is 1. The molecular formula is C20H23ClF2N6O2. The lowest BCUT2D eigenvalue weighted by molar-refractivity contribution is 0.0652. The van der Waals surface area contributed by atoms with Gasteiger partial charge in [0.2, 0.25) is 5.88 Å². The molecule has 0 bridgehead atoms. The van der Waals surface area contributed by atoms with Gasteiger partial charge >= 0.3 is 0 Å². The van der Waals surface area contributed by atoms with Crippen LogP contribution >= 0.6 is 11.6 Å². The lowest BCUT2D eigenvalue weighted by atomic mass is 9.84. The number of pyridine rings is 1. The number of likely N-dealkylation sites (tertiary alicyclic amines) is 1. The molecule has 0 radical (unpaired) electrons. The summed E-state index contributed by atoms with van der Waals surface area (Å²) in [7, 11) is 1.45. The number of piperidine rings is 1. The lowest BCUT2D eigenvalue weighted by Gasteiger charge is -2.38. The summed E-state index contributed by atoms with van der Waals surface area (Å²) in [6.45, 7) is 8.31. The van der Waals surface area contributed by atoms with Crippen LogP contribution in [0.25, 0.3) is 5.70 Å². The molecule has 1 aliphatic rings. The number of aromatic nitrogens is 4. The van der Waals surface area contributed by atoms with Gasteiger partial charge in [-0.25, -0.2) is 23.4 Å². The van der Waals surface area contributed by atoms with E-state index in [1.54, 1.807) is 4.90 Å². The summed E-state index contributed by atoms with van der Waals surface area (Å²) in [5.41, 5.74) is 0.525. The van der Waals surface area contributed by atoms with E-state index >= 15 is 0 Å². The van der Waals surface area contributed by atoms with Gasteiger partial charge < -0.3 is 9.64 Å². The van der Waals surface area contributed by atoms with Crippen molar-refractivity contribution in [1.82, 2.24) is 24.6 Å². The first-order valence-corrected chi connectivity index (χ1v) is 10.0. The Bertz CT molecular complexity index is 1010. The average molecular weight is 453 g/mol. The van der Waals surface area contributed by atoms with Gasteiger partial charge in [-0.1, -0.05) is 25.1 Å². The van der Waals surface area contributed by atoms with E-state index in [2.05, 4.69) is 26.6 Å². The third-order valence-electron chi connectivity index (χ3n) is 5.32. The van der Waals surface area contributed by atoms with Crippen LogP contribution in [0.5, 0.6) is 5.88 Å². The Morgan fingerprint density at radius 3 is 2.81 bits per heavy atom. The molecule has 31 heavy (non-hydrogen) atoms. The molecule has 3 heterocycles. The van der Waals surface area contributed by atoms with Gasteiger partial charge in [-0.2, -0.15) is 10.1 Å². The molecule has 0 aliphatic carbocycles. The summed E-state index contributed by atoms with van der Waals surface area (Å²) in [5, 5.41) is 4.36. The van der Waals surface area contributed by atoms with Crippen molar-refractivity contribution < 1.29 is 18.3 Å². The molecule has 2 aromatic rings. The highest BCUT2D eigenvalue weighted by Gasteiger charge is 2.33. The Balaban J connectivity index is 1.81. The zero-order valence-electron chi connectivity index (χ0n) is 17.4. The van der Waals surface area contributed by atoms with E-state index in [1.165, 1.54) is 37.3 Å². The Morgan fingerprint density at radius 1 is 1.42 bits per heavy atom. The van der Waals surface area contributed by atoms with Gasteiger partial charge in [0.05, 0.1) is 18.4 Å². The molecular weight excluding hydrogens is 430 g/mol. The summed E-state index contributed by atoms with van der Waals surface area (Å²) in [4.78, 5) is 26.6. The van der Waals surface area contributed by atoms with Crippen LogP contribution in [-0.2, 0) is 0 Å². The van der Waals surface area contributed by atoms with Crippen LogP contribution in [0.1, 0.15) is 30.6 Å². The van der Waals surface area contributed by atoms with Gasteiger partial charge in [-0.15, -0.1) is 0 Å². The van der Waals surface area contributed by atoms with Crippen LogP contribution in [0.4, 0.5) is 14.7 Å². The molecule has 8 nitrogen and oxygen atoms in total. The fourth-order valence-corrected chi connectivity index (χ4v) is 3.68. The monoisotopic (exact) mass is 452 g/mol. The van der Waals surface area contributed by atoms with Crippen LogP contribution in [0, 0.1) is 11.8 Å². The topological polar surface area (TPSA) is 85.5 Å². The van der Waals surface area contributed by atoms with Gasteiger partial charge in [0, 0.05) is 30.9 Å².